The summed E-state index contributed by atoms with van der Waals surface area (Å²) in [5.41, 5.74) is 3.55. The van der Waals surface area contributed by atoms with Crippen LogP contribution in [-0.4, -0.2) is 52.2 Å². The number of nitrogens with one attached hydrogen (secondary N) is 3. The number of anilines is 1. The third-order valence-corrected chi connectivity index (χ3v) is 5.45. The van der Waals surface area contributed by atoms with Crippen LogP contribution in [0.1, 0.15) is 42.6 Å². The Morgan fingerprint density at radius 3 is 2.63 bits per heavy atom. The maximum absolute atomic E-state index is 12.8. The summed E-state index contributed by atoms with van der Waals surface area (Å²) in [5.74, 6) is -0.143. The monoisotopic (exact) mass is 406 g/mol. The van der Waals surface area contributed by atoms with Gasteiger partial charge < -0.3 is 15.5 Å². The van der Waals surface area contributed by atoms with E-state index in [-0.39, 0.29) is 18.0 Å². The minimum atomic E-state index is -0.221. The molecule has 1 aliphatic rings. The van der Waals surface area contributed by atoms with E-state index < -0.39 is 0 Å². The standard InChI is InChI=1S/C22H26N6O2/c1-28(2)22(30)25-17-10-15(12-23-13-17)14-8-9-19-18(11-14)20(27-26-19)21(29)24-16-6-4-3-5-7-16/h8-13,16H,3-7H2,1-2H3,(H,24,29)(H,25,30)(H,26,27). The summed E-state index contributed by atoms with van der Waals surface area (Å²) < 4.78 is 0. The first-order valence-corrected chi connectivity index (χ1v) is 10.2. The molecule has 8 heteroatoms. The Morgan fingerprint density at radius 1 is 1.07 bits per heavy atom. The molecule has 0 radical (unpaired) electrons. The average Bonchev–Trinajstić information content (AvgIpc) is 3.18. The highest BCUT2D eigenvalue weighted by atomic mass is 16.2. The van der Waals surface area contributed by atoms with Gasteiger partial charge in [-0.25, -0.2) is 4.79 Å². The van der Waals surface area contributed by atoms with Gasteiger partial charge in [-0.1, -0.05) is 25.3 Å². The Kier molecular flexibility index (Phi) is 5.65. The van der Waals surface area contributed by atoms with Crippen LogP contribution in [0.3, 0.4) is 0 Å². The summed E-state index contributed by atoms with van der Waals surface area (Å²) in [7, 11) is 3.36. The van der Waals surface area contributed by atoms with Gasteiger partial charge in [-0.15, -0.1) is 0 Å². The van der Waals surface area contributed by atoms with Gasteiger partial charge in [0, 0.05) is 37.3 Å². The van der Waals surface area contributed by atoms with Gasteiger partial charge in [0.15, 0.2) is 5.69 Å². The predicted molar refractivity (Wildman–Crippen MR) is 116 cm³/mol. The number of fused-ring (bicyclic) bond motifs is 1. The second-order valence-electron chi connectivity index (χ2n) is 7.93. The van der Waals surface area contributed by atoms with Gasteiger partial charge in [0.05, 0.1) is 17.4 Å². The van der Waals surface area contributed by atoms with E-state index in [0.717, 1.165) is 47.7 Å². The van der Waals surface area contributed by atoms with E-state index in [1.165, 1.54) is 11.3 Å². The van der Waals surface area contributed by atoms with Crippen molar-refractivity contribution in [3.63, 3.8) is 0 Å². The van der Waals surface area contributed by atoms with Gasteiger partial charge in [0.1, 0.15) is 0 Å². The van der Waals surface area contributed by atoms with E-state index >= 15 is 0 Å². The minimum Gasteiger partial charge on any atom is -0.348 e. The summed E-state index contributed by atoms with van der Waals surface area (Å²) in [6.45, 7) is 0. The van der Waals surface area contributed by atoms with E-state index in [9.17, 15) is 9.59 Å². The van der Waals surface area contributed by atoms with Gasteiger partial charge in [-0.2, -0.15) is 5.10 Å². The second kappa shape index (κ2) is 8.52. The van der Waals surface area contributed by atoms with Gasteiger partial charge in [-0.3, -0.25) is 14.9 Å². The molecule has 3 amide bonds. The third kappa shape index (κ3) is 4.27. The Balaban J connectivity index is 1.59. The summed E-state index contributed by atoms with van der Waals surface area (Å²) in [6.07, 6.45) is 8.93. The molecule has 4 rings (SSSR count). The number of nitrogens with zero attached hydrogens (tertiary/aromatic N) is 3. The van der Waals surface area contributed by atoms with E-state index in [0.29, 0.717) is 11.4 Å². The zero-order valence-corrected chi connectivity index (χ0v) is 17.2. The summed E-state index contributed by atoms with van der Waals surface area (Å²) >= 11 is 0. The molecule has 1 aromatic carbocycles. The molecular formula is C22H26N6O2. The molecule has 8 nitrogen and oxygen atoms in total. The van der Waals surface area contributed by atoms with Crippen molar-refractivity contribution in [1.29, 1.82) is 0 Å². The smallest absolute Gasteiger partial charge is 0.321 e. The number of carbonyl (C=O) groups excluding carboxylic acids is 2. The maximum atomic E-state index is 12.8. The Labute approximate surface area is 175 Å². The zero-order chi connectivity index (χ0) is 21.1. The number of benzene rings is 1. The Bertz CT molecular complexity index is 1070. The highest BCUT2D eigenvalue weighted by Crippen LogP contribution is 2.27. The molecule has 3 aromatic rings. The van der Waals surface area contributed by atoms with Crippen LogP contribution in [0.2, 0.25) is 0 Å². The minimum absolute atomic E-state index is 0.143. The normalized spacial score (nSPS) is 14.5. The van der Waals surface area contributed by atoms with Crippen molar-refractivity contribution in [2.45, 2.75) is 38.1 Å². The first kappa shape index (κ1) is 19.9. The van der Waals surface area contributed by atoms with E-state index in [1.807, 2.05) is 24.3 Å². The van der Waals surface area contributed by atoms with Crippen LogP contribution in [0, 0.1) is 0 Å². The SMILES string of the molecule is CN(C)C(=O)Nc1cncc(-c2ccc3[nH]nc(C(=O)NC4CCCCC4)c3c2)c1. The fraction of sp³-hybridized carbons (Fsp3) is 0.364. The highest BCUT2D eigenvalue weighted by molar-refractivity contribution is 6.05. The number of amides is 3. The molecule has 0 aliphatic heterocycles. The lowest BCUT2D eigenvalue weighted by molar-refractivity contribution is 0.0924. The fourth-order valence-electron chi connectivity index (χ4n) is 3.77. The van der Waals surface area contributed by atoms with E-state index in [2.05, 4.69) is 25.8 Å². The molecule has 1 fully saturated rings. The molecule has 1 saturated carbocycles. The first-order chi connectivity index (χ1) is 14.5. The number of hydrogen-bond donors (Lipinski definition) is 3. The van der Waals surface area contributed by atoms with Crippen molar-refractivity contribution in [2.75, 3.05) is 19.4 Å². The Hall–Kier alpha value is -3.42. The number of hydrogen-bond acceptors (Lipinski definition) is 4. The second-order valence-corrected chi connectivity index (χ2v) is 7.93. The van der Waals surface area contributed by atoms with Crippen molar-refractivity contribution < 1.29 is 9.59 Å². The number of aromatic amines is 1. The van der Waals surface area contributed by atoms with Gasteiger partial charge in [0.2, 0.25) is 0 Å². The topological polar surface area (TPSA) is 103 Å². The zero-order valence-electron chi connectivity index (χ0n) is 17.2. The van der Waals surface area contributed by atoms with Crippen molar-refractivity contribution in [3.05, 3.63) is 42.4 Å². The summed E-state index contributed by atoms with van der Waals surface area (Å²) in [6, 6.07) is 7.64. The lowest BCUT2D eigenvalue weighted by Crippen LogP contribution is -2.36. The first-order valence-electron chi connectivity index (χ1n) is 10.2. The molecule has 0 saturated heterocycles. The van der Waals surface area contributed by atoms with Gasteiger partial charge in [0.25, 0.3) is 5.91 Å². The van der Waals surface area contributed by atoms with E-state index in [1.54, 1.807) is 26.5 Å². The number of carbonyl (C=O) groups is 2. The number of urea groups is 1. The molecule has 0 spiro atoms. The number of pyridine rings is 1. The molecule has 0 unspecified atom stereocenters. The molecule has 3 N–H and O–H groups in total. The summed E-state index contributed by atoms with van der Waals surface area (Å²) in [4.78, 5) is 30.4. The van der Waals surface area contributed by atoms with Crippen molar-refractivity contribution >= 4 is 28.5 Å². The molecular weight excluding hydrogens is 380 g/mol. The van der Waals surface area contributed by atoms with E-state index in [4.69, 9.17) is 0 Å². The molecule has 0 atom stereocenters. The van der Waals surface area contributed by atoms with Crippen LogP contribution < -0.4 is 10.6 Å². The molecule has 2 heterocycles. The number of aromatic nitrogens is 3. The van der Waals surface area contributed by atoms with Crippen LogP contribution in [0.25, 0.3) is 22.0 Å². The third-order valence-electron chi connectivity index (χ3n) is 5.45. The fourth-order valence-corrected chi connectivity index (χ4v) is 3.77. The molecule has 0 bridgehead atoms. The number of rotatable bonds is 4. The molecule has 156 valence electrons. The number of H-pyrrole nitrogens is 1. The molecule has 30 heavy (non-hydrogen) atoms. The quantitative estimate of drug-likeness (QED) is 0.613. The van der Waals surface area contributed by atoms with Crippen LogP contribution in [0.15, 0.2) is 36.7 Å². The lowest BCUT2D eigenvalue weighted by Gasteiger charge is -2.22. The maximum Gasteiger partial charge on any atom is 0.321 e. The van der Waals surface area contributed by atoms with Crippen molar-refractivity contribution in [1.82, 2.24) is 25.4 Å². The lowest BCUT2D eigenvalue weighted by atomic mass is 9.95. The van der Waals surface area contributed by atoms with Gasteiger partial charge >= 0.3 is 6.03 Å². The Morgan fingerprint density at radius 2 is 1.87 bits per heavy atom. The van der Waals surface area contributed by atoms with Crippen LogP contribution >= 0.6 is 0 Å². The highest BCUT2D eigenvalue weighted by Gasteiger charge is 2.20. The average molecular weight is 406 g/mol. The largest absolute Gasteiger partial charge is 0.348 e. The molecule has 2 aromatic heterocycles. The van der Waals surface area contributed by atoms with Crippen molar-refractivity contribution in [3.8, 4) is 11.1 Å². The summed E-state index contributed by atoms with van der Waals surface area (Å²) in [5, 5.41) is 13.9. The predicted octanol–water partition coefficient (Wildman–Crippen LogP) is 3.78. The molecule has 1 aliphatic carbocycles. The van der Waals surface area contributed by atoms with Crippen LogP contribution in [-0.2, 0) is 0 Å². The van der Waals surface area contributed by atoms with Gasteiger partial charge in [-0.05, 0) is 36.6 Å². The van der Waals surface area contributed by atoms with Crippen LogP contribution in [0.5, 0.6) is 0 Å². The van der Waals surface area contributed by atoms with Crippen LogP contribution in [0.4, 0.5) is 10.5 Å². The van der Waals surface area contributed by atoms with Crippen molar-refractivity contribution in [2.24, 2.45) is 0 Å².